The number of hydrogen-bond acceptors (Lipinski definition) is 6. The number of primary amides is 1. The number of piperidine rings is 1. The van der Waals surface area contributed by atoms with E-state index in [1.165, 1.54) is 0 Å². The van der Waals surface area contributed by atoms with E-state index >= 15 is 0 Å². The second kappa shape index (κ2) is 8.56. The monoisotopic (exact) mass is 410 g/mol. The van der Waals surface area contributed by atoms with Gasteiger partial charge in [-0.15, -0.1) is 0 Å². The highest BCUT2D eigenvalue weighted by Crippen LogP contribution is 2.32. The second-order valence-electron chi connectivity index (χ2n) is 7.51. The first-order chi connectivity index (χ1) is 14.5. The number of nitrogens with two attached hydrogens (primary N) is 1. The number of aromatic nitrogens is 2. The van der Waals surface area contributed by atoms with Crippen molar-refractivity contribution in [2.75, 3.05) is 18.0 Å². The Labute approximate surface area is 173 Å². The fourth-order valence-electron chi connectivity index (χ4n) is 3.92. The van der Waals surface area contributed by atoms with Gasteiger partial charge in [-0.1, -0.05) is 30.3 Å². The molecule has 4 rings (SSSR count). The predicted octanol–water partition coefficient (Wildman–Crippen LogP) is 1.82. The summed E-state index contributed by atoms with van der Waals surface area (Å²) in [6, 6.07) is 9.84. The molecule has 2 aliphatic rings. The highest BCUT2D eigenvalue weighted by Gasteiger charge is 2.35. The molecule has 2 amide bonds. The zero-order chi connectivity index (χ0) is 21.1. The van der Waals surface area contributed by atoms with E-state index in [4.69, 9.17) is 5.73 Å². The Morgan fingerprint density at radius 3 is 2.60 bits per heavy atom. The number of hydrogen-bond donors (Lipinski definition) is 1. The molecule has 156 valence electrons. The molecule has 9 heteroatoms. The van der Waals surface area contributed by atoms with Gasteiger partial charge in [0.05, 0.1) is 24.4 Å². The van der Waals surface area contributed by atoms with Crippen LogP contribution in [0.15, 0.2) is 41.6 Å². The summed E-state index contributed by atoms with van der Waals surface area (Å²) in [6.07, 6.45) is 4.53. The molecule has 1 aromatic heterocycles. The Morgan fingerprint density at radius 2 is 1.90 bits per heavy atom. The van der Waals surface area contributed by atoms with Gasteiger partial charge in [0, 0.05) is 31.6 Å². The average molecular weight is 410 g/mol. The maximum Gasteiger partial charge on any atom is 0.246 e. The summed E-state index contributed by atoms with van der Waals surface area (Å²) in [5, 5.41) is 5.94. The second-order valence-corrected chi connectivity index (χ2v) is 7.51. The Morgan fingerprint density at radius 1 is 1.17 bits per heavy atom. The van der Waals surface area contributed by atoms with E-state index in [2.05, 4.69) is 15.1 Å². The summed E-state index contributed by atoms with van der Waals surface area (Å²) >= 11 is 0. The van der Waals surface area contributed by atoms with Crippen molar-refractivity contribution in [1.29, 1.82) is 0 Å². The van der Waals surface area contributed by atoms with Gasteiger partial charge in [-0.3, -0.25) is 9.59 Å². The minimum absolute atomic E-state index is 0.0113. The molecule has 0 radical (unpaired) electrons. The molecule has 2 aliphatic heterocycles. The molecule has 8 nitrogen and oxygen atoms in total. The SMILES string of the molecule is NC(=O)Cc1nc(N2CCC(C(=O)N3N=CCC3c3ccccc3)CC2)ncc1F. The number of benzene rings is 1. The number of rotatable bonds is 5. The van der Waals surface area contributed by atoms with Crippen LogP contribution in [0.2, 0.25) is 0 Å². The number of carbonyl (C=O) groups is 2. The largest absolute Gasteiger partial charge is 0.369 e. The van der Waals surface area contributed by atoms with Crippen LogP contribution in [-0.4, -0.2) is 46.1 Å². The smallest absolute Gasteiger partial charge is 0.246 e. The van der Waals surface area contributed by atoms with E-state index < -0.39 is 11.7 Å². The standard InChI is InChI=1S/C21H23FN6O2/c22-16-13-24-21(26-17(16)12-19(23)29)27-10-7-15(8-11-27)20(30)28-18(6-9-25-28)14-4-2-1-3-5-14/h1-5,9,13,15,18H,6-8,10-12H2,(H2,23,29). The van der Waals surface area contributed by atoms with E-state index in [0.717, 1.165) is 11.8 Å². The van der Waals surface area contributed by atoms with Crippen LogP contribution in [0.5, 0.6) is 0 Å². The van der Waals surface area contributed by atoms with E-state index in [9.17, 15) is 14.0 Å². The van der Waals surface area contributed by atoms with Gasteiger partial charge in [0.25, 0.3) is 0 Å². The fourth-order valence-corrected chi connectivity index (χ4v) is 3.92. The molecule has 1 fully saturated rings. The Bertz CT molecular complexity index is 959. The molecule has 1 unspecified atom stereocenters. The maximum absolute atomic E-state index is 13.8. The summed E-state index contributed by atoms with van der Waals surface area (Å²) in [4.78, 5) is 34.3. The van der Waals surface area contributed by atoms with Crippen LogP contribution in [0, 0.1) is 11.7 Å². The van der Waals surface area contributed by atoms with Crippen molar-refractivity contribution >= 4 is 24.0 Å². The molecule has 0 aliphatic carbocycles. The molecule has 0 saturated carbocycles. The maximum atomic E-state index is 13.8. The van der Waals surface area contributed by atoms with Crippen LogP contribution in [0.3, 0.4) is 0 Å². The van der Waals surface area contributed by atoms with Gasteiger partial charge >= 0.3 is 0 Å². The number of anilines is 1. The molecular weight excluding hydrogens is 387 g/mol. The van der Waals surface area contributed by atoms with E-state index in [1.54, 1.807) is 11.2 Å². The minimum atomic E-state index is -0.651. The lowest BCUT2D eigenvalue weighted by molar-refractivity contribution is -0.138. The number of halogens is 1. The van der Waals surface area contributed by atoms with Crippen molar-refractivity contribution in [3.05, 3.63) is 53.6 Å². The van der Waals surface area contributed by atoms with Gasteiger partial charge in [-0.25, -0.2) is 19.4 Å². The molecular formula is C21H23FN6O2. The van der Waals surface area contributed by atoms with E-state index in [0.29, 0.717) is 38.3 Å². The van der Waals surface area contributed by atoms with Crippen LogP contribution in [0.1, 0.15) is 36.6 Å². The lowest BCUT2D eigenvalue weighted by Gasteiger charge is -2.33. The van der Waals surface area contributed by atoms with Gasteiger partial charge < -0.3 is 10.6 Å². The van der Waals surface area contributed by atoms with Crippen molar-refractivity contribution in [1.82, 2.24) is 15.0 Å². The van der Waals surface area contributed by atoms with E-state index in [-0.39, 0.29) is 30.0 Å². The molecule has 30 heavy (non-hydrogen) atoms. The highest BCUT2D eigenvalue weighted by atomic mass is 19.1. The summed E-state index contributed by atoms with van der Waals surface area (Å²) in [5.41, 5.74) is 6.21. The van der Waals surface area contributed by atoms with Gasteiger partial charge in [-0.05, 0) is 18.4 Å². The van der Waals surface area contributed by atoms with Crippen LogP contribution >= 0.6 is 0 Å². The Hall–Kier alpha value is -3.36. The molecule has 0 spiro atoms. The van der Waals surface area contributed by atoms with Crippen molar-refractivity contribution < 1.29 is 14.0 Å². The summed E-state index contributed by atoms with van der Waals surface area (Å²) in [5.74, 6) is -1.08. The molecule has 1 saturated heterocycles. The summed E-state index contributed by atoms with van der Waals surface area (Å²) < 4.78 is 13.8. The van der Waals surface area contributed by atoms with Crippen LogP contribution in [0.4, 0.5) is 10.3 Å². The molecule has 0 bridgehead atoms. The average Bonchev–Trinajstić information content (AvgIpc) is 3.25. The lowest BCUT2D eigenvalue weighted by Crippen LogP contribution is -2.41. The van der Waals surface area contributed by atoms with Crippen LogP contribution in [0.25, 0.3) is 0 Å². The first-order valence-corrected chi connectivity index (χ1v) is 9.98. The van der Waals surface area contributed by atoms with E-state index in [1.807, 2.05) is 35.2 Å². The number of nitrogens with zero attached hydrogens (tertiary/aromatic N) is 5. The molecule has 1 aromatic carbocycles. The molecule has 3 heterocycles. The normalized spacial score (nSPS) is 19.3. The van der Waals surface area contributed by atoms with Gasteiger partial charge in [0.1, 0.15) is 0 Å². The number of hydrazone groups is 1. The third-order valence-corrected chi connectivity index (χ3v) is 5.51. The molecule has 2 aromatic rings. The Kier molecular flexibility index (Phi) is 5.69. The first kappa shape index (κ1) is 19.9. The fraction of sp³-hybridized carbons (Fsp3) is 0.381. The van der Waals surface area contributed by atoms with Gasteiger partial charge in [0.2, 0.25) is 17.8 Å². The summed E-state index contributed by atoms with van der Waals surface area (Å²) in [6.45, 7) is 1.12. The molecule has 1 atom stereocenters. The van der Waals surface area contributed by atoms with Crippen LogP contribution < -0.4 is 10.6 Å². The number of amides is 2. The van der Waals surface area contributed by atoms with Crippen molar-refractivity contribution in [3.8, 4) is 0 Å². The zero-order valence-corrected chi connectivity index (χ0v) is 16.4. The zero-order valence-electron chi connectivity index (χ0n) is 16.4. The first-order valence-electron chi connectivity index (χ1n) is 9.98. The van der Waals surface area contributed by atoms with Gasteiger partial charge in [-0.2, -0.15) is 5.10 Å². The Balaban J connectivity index is 1.40. The topological polar surface area (TPSA) is 105 Å². The van der Waals surface area contributed by atoms with Crippen molar-refractivity contribution in [2.45, 2.75) is 31.7 Å². The highest BCUT2D eigenvalue weighted by molar-refractivity contribution is 5.82. The van der Waals surface area contributed by atoms with Crippen LogP contribution in [-0.2, 0) is 16.0 Å². The molecule has 2 N–H and O–H groups in total. The predicted molar refractivity (Wildman–Crippen MR) is 109 cm³/mol. The number of carbonyl (C=O) groups excluding carboxylic acids is 2. The third-order valence-electron chi connectivity index (χ3n) is 5.51. The van der Waals surface area contributed by atoms with Crippen molar-refractivity contribution in [3.63, 3.8) is 0 Å². The third kappa shape index (κ3) is 4.14. The van der Waals surface area contributed by atoms with Gasteiger partial charge in [0.15, 0.2) is 5.82 Å². The van der Waals surface area contributed by atoms with Crippen molar-refractivity contribution in [2.24, 2.45) is 16.8 Å². The minimum Gasteiger partial charge on any atom is -0.369 e. The quantitative estimate of drug-likeness (QED) is 0.810. The summed E-state index contributed by atoms with van der Waals surface area (Å²) in [7, 11) is 0. The lowest BCUT2D eigenvalue weighted by atomic mass is 9.94.